The summed E-state index contributed by atoms with van der Waals surface area (Å²) in [6.45, 7) is 9.72. The normalized spacial score (nSPS) is 11.5. The molecule has 0 fully saturated rings. The maximum atomic E-state index is 11.3. The van der Waals surface area contributed by atoms with Crippen molar-refractivity contribution in [1.29, 1.82) is 0 Å². The van der Waals surface area contributed by atoms with E-state index in [1.165, 1.54) is 12.8 Å². The molecule has 0 atom stereocenters. The van der Waals surface area contributed by atoms with E-state index in [0.717, 1.165) is 25.8 Å². The van der Waals surface area contributed by atoms with Gasteiger partial charge in [-0.1, -0.05) is 40.5 Å². The Morgan fingerprint density at radius 3 is 2.33 bits per heavy atom. The van der Waals surface area contributed by atoms with E-state index in [2.05, 4.69) is 33.0 Å². The molecule has 0 rings (SSSR count). The fourth-order valence-corrected chi connectivity index (χ4v) is 1.43. The van der Waals surface area contributed by atoms with Gasteiger partial charge >= 0.3 is 0 Å². The van der Waals surface area contributed by atoms with E-state index in [0.29, 0.717) is 11.8 Å². The van der Waals surface area contributed by atoms with Gasteiger partial charge in [-0.15, -0.1) is 0 Å². The zero-order valence-corrected chi connectivity index (χ0v) is 10.9. The van der Waals surface area contributed by atoms with E-state index in [9.17, 15) is 4.79 Å². The van der Waals surface area contributed by atoms with Gasteiger partial charge in [0.15, 0.2) is 0 Å². The highest BCUT2D eigenvalue weighted by molar-refractivity contribution is 5.75. The second-order valence-electron chi connectivity index (χ2n) is 5.47. The number of amides is 1. The lowest BCUT2D eigenvalue weighted by atomic mass is 9.90. The van der Waals surface area contributed by atoms with Gasteiger partial charge in [0, 0.05) is 13.0 Å². The van der Waals surface area contributed by atoms with Crippen LogP contribution in [0, 0.1) is 5.41 Å². The average molecular weight is 213 g/mol. The molecule has 90 valence electrons. The van der Waals surface area contributed by atoms with Gasteiger partial charge in [-0.25, -0.2) is 0 Å². The third-order valence-electron chi connectivity index (χ3n) is 2.43. The Balaban J connectivity index is 3.27. The first-order chi connectivity index (χ1) is 6.95. The topological polar surface area (TPSA) is 29.1 Å². The Hall–Kier alpha value is -0.530. The zero-order chi connectivity index (χ0) is 11.7. The van der Waals surface area contributed by atoms with E-state index in [1.807, 2.05) is 0 Å². The number of hydrogen-bond acceptors (Lipinski definition) is 1. The molecule has 0 unspecified atom stereocenters. The number of hydrogen-bond donors (Lipinski definition) is 1. The maximum Gasteiger partial charge on any atom is 0.219 e. The van der Waals surface area contributed by atoms with Gasteiger partial charge < -0.3 is 5.32 Å². The number of carbonyl (C=O) groups excluding carboxylic acids is 1. The van der Waals surface area contributed by atoms with Gasteiger partial charge in [-0.2, -0.15) is 0 Å². The lowest BCUT2D eigenvalue weighted by Crippen LogP contribution is -2.24. The third kappa shape index (κ3) is 11.4. The SMILES string of the molecule is CCCCC(=O)NCCCCC(C)(C)C. The van der Waals surface area contributed by atoms with Gasteiger partial charge in [0.05, 0.1) is 0 Å². The Bertz CT molecular complexity index is 170. The molecule has 0 aliphatic heterocycles. The van der Waals surface area contributed by atoms with Crippen LogP contribution in [0.15, 0.2) is 0 Å². The highest BCUT2D eigenvalue weighted by Crippen LogP contribution is 2.21. The summed E-state index contributed by atoms with van der Waals surface area (Å²) in [4.78, 5) is 11.3. The highest BCUT2D eigenvalue weighted by atomic mass is 16.1. The van der Waals surface area contributed by atoms with E-state index in [4.69, 9.17) is 0 Å². The van der Waals surface area contributed by atoms with Crippen molar-refractivity contribution in [1.82, 2.24) is 5.32 Å². The summed E-state index contributed by atoms with van der Waals surface area (Å²) in [7, 11) is 0. The van der Waals surface area contributed by atoms with Crippen LogP contribution in [-0.4, -0.2) is 12.5 Å². The van der Waals surface area contributed by atoms with Crippen LogP contribution in [0.5, 0.6) is 0 Å². The molecule has 0 radical (unpaired) electrons. The minimum absolute atomic E-state index is 0.215. The van der Waals surface area contributed by atoms with Gasteiger partial charge in [-0.3, -0.25) is 4.79 Å². The van der Waals surface area contributed by atoms with Crippen LogP contribution in [0.1, 0.15) is 66.2 Å². The molecule has 0 aromatic carbocycles. The van der Waals surface area contributed by atoms with Crippen LogP contribution < -0.4 is 5.32 Å². The van der Waals surface area contributed by atoms with Crippen LogP contribution >= 0.6 is 0 Å². The van der Waals surface area contributed by atoms with Crippen LogP contribution in [0.4, 0.5) is 0 Å². The lowest BCUT2D eigenvalue weighted by molar-refractivity contribution is -0.121. The standard InChI is InChI=1S/C13H27NO/c1-5-6-9-12(15)14-11-8-7-10-13(2,3)4/h5-11H2,1-4H3,(H,14,15). The van der Waals surface area contributed by atoms with Crippen LogP contribution in [0.3, 0.4) is 0 Å². The van der Waals surface area contributed by atoms with Crippen LogP contribution in [0.25, 0.3) is 0 Å². The highest BCUT2D eigenvalue weighted by Gasteiger charge is 2.08. The summed E-state index contributed by atoms with van der Waals surface area (Å²) in [6.07, 6.45) is 6.34. The predicted molar refractivity (Wildman–Crippen MR) is 65.8 cm³/mol. The molecule has 2 nitrogen and oxygen atoms in total. The first-order valence-corrected chi connectivity index (χ1v) is 6.22. The molecule has 15 heavy (non-hydrogen) atoms. The second kappa shape index (κ2) is 7.72. The molecule has 0 saturated carbocycles. The third-order valence-corrected chi connectivity index (χ3v) is 2.43. The first kappa shape index (κ1) is 14.5. The molecule has 0 aromatic rings. The Morgan fingerprint density at radius 2 is 1.80 bits per heavy atom. The number of nitrogens with one attached hydrogen (secondary N) is 1. The molecule has 0 heterocycles. The molecule has 1 N–H and O–H groups in total. The van der Waals surface area contributed by atoms with Crippen molar-refractivity contribution in [2.75, 3.05) is 6.54 Å². The van der Waals surface area contributed by atoms with E-state index >= 15 is 0 Å². The van der Waals surface area contributed by atoms with Crippen molar-refractivity contribution in [3.8, 4) is 0 Å². The molecule has 1 amide bonds. The summed E-state index contributed by atoms with van der Waals surface area (Å²) in [5, 5.41) is 2.96. The Morgan fingerprint density at radius 1 is 1.13 bits per heavy atom. The van der Waals surface area contributed by atoms with Gasteiger partial charge in [0.2, 0.25) is 5.91 Å². The fraction of sp³-hybridized carbons (Fsp3) is 0.923. The van der Waals surface area contributed by atoms with E-state index < -0.39 is 0 Å². The van der Waals surface area contributed by atoms with Crippen molar-refractivity contribution in [3.63, 3.8) is 0 Å². The quantitative estimate of drug-likeness (QED) is 0.644. The molecular formula is C13H27NO. The molecule has 0 aliphatic rings. The summed E-state index contributed by atoms with van der Waals surface area (Å²) in [5.41, 5.74) is 0.423. The minimum atomic E-state index is 0.215. The van der Waals surface area contributed by atoms with Crippen molar-refractivity contribution < 1.29 is 4.79 Å². The number of unbranched alkanes of at least 4 members (excludes halogenated alkanes) is 2. The van der Waals surface area contributed by atoms with Crippen LogP contribution in [-0.2, 0) is 4.79 Å². The number of carbonyl (C=O) groups is 1. The zero-order valence-electron chi connectivity index (χ0n) is 10.9. The summed E-state index contributed by atoms with van der Waals surface area (Å²) >= 11 is 0. The average Bonchev–Trinajstić information content (AvgIpc) is 2.12. The minimum Gasteiger partial charge on any atom is -0.356 e. The Kier molecular flexibility index (Phi) is 7.45. The molecular weight excluding hydrogens is 186 g/mol. The van der Waals surface area contributed by atoms with Gasteiger partial charge in [-0.05, 0) is 24.7 Å². The van der Waals surface area contributed by atoms with Crippen molar-refractivity contribution >= 4 is 5.91 Å². The maximum absolute atomic E-state index is 11.3. The molecule has 2 heteroatoms. The smallest absolute Gasteiger partial charge is 0.219 e. The molecule has 0 bridgehead atoms. The molecule has 0 aliphatic carbocycles. The summed E-state index contributed by atoms with van der Waals surface area (Å²) in [5.74, 6) is 0.215. The van der Waals surface area contributed by atoms with Gasteiger partial charge in [0.1, 0.15) is 0 Å². The monoisotopic (exact) mass is 213 g/mol. The first-order valence-electron chi connectivity index (χ1n) is 6.22. The summed E-state index contributed by atoms with van der Waals surface area (Å²) in [6, 6.07) is 0. The predicted octanol–water partition coefficient (Wildman–Crippen LogP) is 3.51. The van der Waals surface area contributed by atoms with Gasteiger partial charge in [0.25, 0.3) is 0 Å². The molecule has 0 saturated heterocycles. The largest absolute Gasteiger partial charge is 0.356 e. The number of rotatable bonds is 7. The van der Waals surface area contributed by atoms with Crippen molar-refractivity contribution in [3.05, 3.63) is 0 Å². The molecule has 0 aromatic heterocycles. The van der Waals surface area contributed by atoms with Crippen molar-refractivity contribution in [2.45, 2.75) is 66.2 Å². The fourth-order valence-electron chi connectivity index (χ4n) is 1.43. The second-order valence-corrected chi connectivity index (χ2v) is 5.47. The summed E-state index contributed by atoms with van der Waals surface area (Å²) < 4.78 is 0. The van der Waals surface area contributed by atoms with E-state index in [-0.39, 0.29) is 5.91 Å². The van der Waals surface area contributed by atoms with Crippen molar-refractivity contribution in [2.24, 2.45) is 5.41 Å². The molecule has 0 spiro atoms. The van der Waals surface area contributed by atoms with E-state index in [1.54, 1.807) is 0 Å². The van der Waals surface area contributed by atoms with Crippen LogP contribution in [0.2, 0.25) is 0 Å². The lowest BCUT2D eigenvalue weighted by Gasteiger charge is -2.17. The Labute approximate surface area is 94.8 Å².